The van der Waals surface area contributed by atoms with Crippen molar-refractivity contribution in [2.45, 2.75) is 13.3 Å². The van der Waals surface area contributed by atoms with Crippen LogP contribution in [0.2, 0.25) is 5.02 Å². The molecule has 0 spiro atoms. The molecule has 2 aromatic carbocycles. The number of nitrogens with zero attached hydrogens (tertiary/aromatic N) is 1. The molecule has 0 bridgehead atoms. The van der Waals surface area contributed by atoms with Crippen LogP contribution in [0.4, 0.5) is 8.78 Å². The molecule has 0 amide bonds. The SMILES string of the molecule is CCCOc1ccccc1C=C1N=C(c2cc(F)c(F)cc2Cl)OC1=O. The number of esters is 1. The topological polar surface area (TPSA) is 47.9 Å². The fourth-order valence-corrected chi connectivity index (χ4v) is 2.53. The highest BCUT2D eigenvalue weighted by Crippen LogP contribution is 2.27. The Labute approximate surface area is 153 Å². The number of halogens is 3. The Morgan fingerprint density at radius 1 is 1.23 bits per heavy atom. The lowest BCUT2D eigenvalue weighted by Gasteiger charge is -2.07. The molecule has 1 heterocycles. The maximum Gasteiger partial charge on any atom is 0.363 e. The summed E-state index contributed by atoms with van der Waals surface area (Å²) in [6, 6.07) is 8.80. The minimum Gasteiger partial charge on any atom is -0.493 e. The van der Waals surface area contributed by atoms with Crippen molar-refractivity contribution in [1.82, 2.24) is 0 Å². The van der Waals surface area contributed by atoms with E-state index in [-0.39, 0.29) is 22.2 Å². The van der Waals surface area contributed by atoms with Crippen molar-refractivity contribution in [2.24, 2.45) is 4.99 Å². The fraction of sp³-hybridized carbons (Fsp3) is 0.158. The molecule has 0 fully saturated rings. The molecule has 26 heavy (non-hydrogen) atoms. The smallest absolute Gasteiger partial charge is 0.363 e. The Kier molecular flexibility index (Phi) is 5.32. The molecule has 1 aliphatic rings. The number of cyclic esters (lactones) is 1. The molecule has 0 radical (unpaired) electrons. The van der Waals surface area contributed by atoms with Crippen molar-refractivity contribution < 1.29 is 23.0 Å². The van der Waals surface area contributed by atoms with Crippen LogP contribution in [-0.4, -0.2) is 18.5 Å². The van der Waals surface area contributed by atoms with Gasteiger partial charge in [-0.15, -0.1) is 0 Å². The number of hydrogen-bond donors (Lipinski definition) is 0. The number of rotatable bonds is 5. The molecule has 7 heteroatoms. The van der Waals surface area contributed by atoms with Crippen molar-refractivity contribution in [1.29, 1.82) is 0 Å². The summed E-state index contributed by atoms with van der Waals surface area (Å²) in [4.78, 5) is 16.2. The Balaban J connectivity index is 1.97. The fourth-order valence-electron chi connectivity index (χ4n) is 2.30. The highest BCUT2D eigenvalue weighted by Gasteiger charge is 2.27. The van der Waals surface area contributed by atoms with Crippen molar-refractivity contribution in [3.8, 4) is 5.75 Å². The van der Waals surface area contributed by atoms with Crippen LogP contribution >= 0.6 is 11.6 Å². The van der Waals surface area contributed by atoms with Gasteiger partial charge in [-0.05, 0) is 30.7 Å². The summed E-state index contributed by atoms with van der Waals surface area (Å²) in [6.45, 7) is 2.52. The molecule has 0 N–H and O–H groups in total. The van der Waals surface area contributed by atoms with Crippen molar-refractivity contribution in [3.05, 3.63) is 69.9 Å². The van der Waals surface area contributed by atoms with Crippen LogP contribution in [0.15, 0.2) is 47.1 Å². The number of carbonyl (C=O) groups excluding carboxylic acids is 1. The van der Waals surface area contributed by atoms with Crippen LogP contribution in [0.5, 0.6) is 5.75 Å². The van der Waals surface area contributed by atoms with Gasteiger partial charge in [0.15, 0.2) is 17.3 Å². The molecule has 3 rings (SSSR count). The number of hydrogen-bond acceptors (Lipinski definition) is 4. The summed E-state index contributed by atoms with van der Waals surface area (Å²) in [5.41, 5.74) is 0.653. The molecule has 0 atom stereocenters. The minimum atomic E-state index is -1.11. The predicted octanol–water partition coefficient (Wildman–Crippen LogP) is 4.75. The van der Waals surface area contributed by atoms with Gasteiger partial charge in [0.05, 0.1) is 17.2 Å². The summed E-state index contributed by atoms with van der Waals surface area (Å²) in [7, 11) is 0. The van der Waals surface area contributed by atoms with Gasteiger partial charge in [0.2, 0.25) is 5.90 Å². The largest absolute Gasteiger partial charge is 0.493 e. The van der Waals surface area contributed by atoms with Crippen molar-refractivity contribution in [2.75, 3.05) is 6.61 Å². The van der Waals surface area contributed by atoms with E-state index < -0.39 is 17.6 Å². The number of carbonyl (C=O) groups is 1. The molecule has 0 aromatic heterocycles. The molecule has 1 aliphatic heterocycles. The van der Waals surface area contributed by atoms with Gasteiger partial charge in [-0.25, -0.2) is 18.6 Å². The van der Waals surface area contributed by atoms with Gasteiger partial charge in [-0.3, -0.25) is 0 Å². The standard InChI is InChI=1S/C19H14ClF2NO3/c1-2-7-25-17-6-4-3-5-11(17)8-16-19(24)26-18(23-16)12-9-14(21)15(22)10-13(12)20/h3-6,8-10H,2,7H2,1H3. The van der Waals surface area contributed by atoms with Crippen LogP contribution in [0.1, 0.15) is 24.5 Å². The van der Waals surface area contributed by atoms with E-state index >= 15 is 0 Å². The Morgan fingerprint density at radius 2 is 1.96 bits per heavy atom. The van der Waals surface area contributed by atoms with Crippen LogP contribution in [0.3, 0.4) is 0 Å². The predicted molar refractivity (Wildman–Crippen MR) is 94.2 cm³/mol. The molecule has 4 nitrogen and oxygen atoms in total. The quantitative estimate of drug-likeness (QED) is 0.429. The zero-order valence-corrected chi connectivity index (χ0v) is 14.5. The highest BCUT2D eigenvalue weighted by atomic mass is 35.5. The molecule has 2 aromatic rings. The molecule has 0 aliphatic carbocycles. The van der Waals surface area contributed by atoms with E-state index in [0.717, 1.165) is 18.6 Å². The van der Waals surface area contributed by atoms with Crippen LogP contribution in [0, 0.1) is 11.6 Å². The van der Waals surface area contributed by atoms with Crippen LogP contribution in [0.25, 0.3) is 6.08 Å². The third kappa shape index (κ3) is 3.75. The van der Waals surface area contributed by atoms with E-state index in [1.54, 1.807) is 18.2 Å². The zero-order valence-electron chi connectivity index (χ0n) is 13.8. The maximum atomic E-state index is 13.5. The second kappa shape index (κ2) is 7.66. The van der Waals surface area contributed by atoms with E-state index in [0.29, 0.717) is 17.9 Å². The molecular weight excluding hydrogens is 364 g/mol. The summed E-state index contributed by atoms with van der Waals surface area (Å²) in [5.74, 6) is -2.51. The normalized spacial score (nSPS) is 15.2. The first-order chi connectivity index (χ1) is 12.5. The van der Waals surface area contributed by atoms with Gasteiger partial charge >= 0.3 is 5.97 Å². The highest BCUT2D eigenvalue weighted by molar-refractivity contribution is 6.34. The average molecular weight is 378 g/mol. The van der Waals surface area contributed by atoms with Gasteiger partial charge in [0.1, 0.15) is 5.75 Å². The molecule has 0 unspecified atom stereocenters. The zero-order chi connectivity index (χ0) is 18.7. The second-order valence-electron chi connectivity index (χ2n) is 5.47. The first-order valence-corrected chi connectivity index (χ1v) is 8.26. The number of benzene rings is 2. The van der Waals surface area contributed by atoms with E-state index in [1.165, 1.54) is 6.08 Å². The minimum absolute atomic E-state index is 0.00200. The number of ether oxygens (including phenoxy) is 2. The van der Waals surface area contributed by atoms with Crippen molar-refractivity contribution >= 4 is 29.5 Å². The first-order valence-electron chi connectivity index (χ1n) is 7.89. The summed E-state index contributed by atoms with van der Waals surface area (Å²) < 4.78 is 37.4. The third-order valence-corrected chi connectivity index (χ3v) is 3.85. The third-order valence-electron chi connectivity index (χ3n) is 3.53. The summed E-state index contributed by atoms with van der Waals surface area (Å²) in [6.07, 6.45) is 2.35. The lowest BCUT2D eigenvalue weighted by molar-refractivity contribution is -0.129. The molecule has 134 valence electrons. The van der Waals surface area contributed by atoms with E-state index in [1.807, 2.05) is 13.0 Å². The van der Waals surface area contributed by atoms with Gasteiger partial charge in [-0.1, -0.05) is 36.7 Å². The maximum absolute atomic E-state index is 13.5. The van der Waals surface area contributed by atoms with Gasteiger partial charge < -0.3 is 9.47 Å². The van der Waals surface area contributed by atoms with E-state index in [2.05, 4.69) is 4.99 Å². The van der Waals surface area contributed by atoms with Gasteiger partial charge in [-0.2, -0.15) is 0 Å². The van der Waals surface area contributed by atoms with Gasteiger partial charge in [0.25, 0.3) is 0 Å². The van der Waals surface area contributed by atoms with E-state index in [4.69, 9.17) is 21.1 Å². The van der Waals surface area contributed by atoms with Gasteiger partial charge in [0, 0.05) is 5.56 Å². The Bertz CT molecular complexity index is 925. The molecule has 0 saturated heterocycles. The Morgan fingerprint density at radius 3 is 2.73 bits per heavy atom. The Hall–Kier alpha value is -2.73. The second-order valence-corrected chi connectivity index (χ2v) is 5.88. The average Bonchev–Trinajstić information content (AvgIpc) is 2.98. The summed E-state index contributed by atoms with van der Waals surface area (Å²) >= 11 is 5.90. The van der Waals surface area contributed by atoms with Crippen molar-refractivity contribution in [3.63, 3.8) is 0 Å². The summed E-state index contributed by atoms with van der Waals surface area (Å²) in [5, 5.41) is -0.108. The first kappa shape index (κ1) is 18.1. The molecule has 0 saturated carbocycles. The van der Waals surface area contributed by atoms with Crippen LogP contribution < -0.4 is 4.74 Å². The monoisotopic (exact) mass is 377 g/mol. The lowest BCUT2D eigenvalue weighted by atomic mass is 10.1. The number of para-hydroxylation sites is 1. The lowest BCUT2D eigenvalue weighted by Crippen LogP contribution is -2.07. The molecular formula is C19H14ClF2NO3. The number of aliphatic imine (C=N–C) groups is 1. The van der Waals surface area contributed by atoms with Crippen LogP contribution in [-0.2, 0) is 9.53 Å². The van der Waals surface area contributed by atoms with E-state index in [9.17, 15) is 13.6 Å².